The third-order valence-electron chi connectivity index (χ3n) is 5.44. The molecular formula is C22H28N2O3S. The Morgan fingerprint density at radius 2 is 2.18 bits per heavy atom. The van der Waals surface area contributed by atoms with E-state index < -0.39 is 12.0 Å². The minimum absolute atomic E-state index is 0.319. The molecule has 3 aliphatic rings. The van der Waals surface area contributed by atoms with Gasteiger partial charge in [-0.1, -0.05) is 42.0 Å². The molecule has 1 amide bonds. The lowest BCUT2D eigenvalue weighted by atomic mass is 10.1. The van der Waals surface area contributed by atoms with E-state index in [-0.39, 0.29) is 5.91 Å². The fraction of sp³-hybridized carbons (Fsp3) is 0.455. The van der Waals surface area contributed by atoms with Crippen LogP contribution in [0.4, 0.5) is 0 Å². The molecule has 3 rings (SSSR count). The summed E-state index contributed by atoms with van der Waals surface area (Å²) in [7, 11) is 0. The van der Waals surface area contributed by atoms with E-state index in [4.69, 9.17) is 0 Å². The first-order chi connectivity index (χ1) is 13.4. The molecule has 0 radical (unpaired) electrons. The summed E-state index contributed by atoms with van der Waals surface area (Å²) in [6.07, 6.45) is 16.2. The van der Waals surface area contributed by atoms with Crippen molar-refractivity contribution in [2.45, 2.75) is 39.3 Å². The van der Waals surface area contributed by atoms with E-state index in [2.05, 4.69) is 59.7 Å². The lowest BCUT2D eigenvalue weighted by molar-refractivity contribution is -0.140. The number of aliphatic carboxylic acids is 1. The van der Waals surface area contributed by atoms with Gasteiger partial charge in [-0.15, -0.1) is 11.8 Å². The molecule has 0 aromatic rings. The van der Waals surface area contributed by atoms with E-state index in [1.807, 2.05) is 6.92 Å². The number of carbonyl (C=O) groups excluding carboxylic acids is 1. The Labute approximate surface area is 170 Å². The summed E-state index contributed by atoms with van der Waals surface area (Å²) in [6.45, 7) is 6.36. The molecule has 1 saturated heterocycles. The molecule has 2 aliphatic heterocycles. The highest BCUT2D eigenvalue weighted by Crippen LogP contribution is 2.58. The second-order valence-electron chi connectivity index (χ2n) is 7.48. The standard InChI is InChI=1S/C22H28N2O3S/c1-4-14(2)8-5-6-9-19-16-12-17(16)21-20(10-7-11-24(19)21)28-13-18(22(26)27)23-15(3)25/h4-10,16-19H,11-13H2,1-3H3,(H,23,25)(H,26,27). The summed E-state index contributed by atoms with van der Waals surface area (Å²) in [5.41, 5.74) is 2.60. The number of fused-ring (bicyclic) bond motifs is 3. The van der Waals surface area contributed by atoms with Crippen LogP contribution in [0, 0.1) is 11.8 Å². The van der Waals surface area contributed by atoms with Crippen molar-refractivity contribution in [3.05, 3.63) is 58.7 Å². The Kier molecular flexibility index (Phi) is 6.50. The Balaban J connectivity index is 1.69. The van der Waals surface area contributed by atoms with Crippen LogP contribution in [0.25, 0.3) is 0 Å². The summed E-state index contributed by atoms with van der Waals surface area (Å²) in [6, 6.07) is -0.465. The number of thioether (sulfide) groups is 1. The highest BCUT2D eigenvalue weighted by molar-refractivity contribution is 8.03. The number of hydrogen-bond acceptors (Lipinski definition) is 4. The largest absolute Gasteiger partial charge is 0.480 e. The van der Waals surface area contributed by atoms with Crippen LogP contribution in [0.5, 0.6) is 0 Å². The Hall–Kier alpha value is -2.21. The average Bonchev–Trinajstić information content (AvgIpc) is 3.38. The van der Waals surface area contributed by atoms with Crippen LogP contribution < -0.4 is 5.32 Å². The predicted molar refractivity (Wildman–Crippen MR) is 114 cm³/mol. The van der Waals surface area contributed by atoms with Crippen LogP contribution in [0.15, 0.2) is 58.7 Å². The first kappa shape index (κ1) is 20.5. The van der Waals surface area contributed by atoms with Crippen molar-refractivity contribution < 1.29 is 14.7 Å². The van der Waals surface area contributed by atoms with Gasteiger partial charge in [0.15, 0.2) is 0 Å². The van der Waals surface area contributed by atoms with Gasteiger partial charge < -0.3 is 15.3 Å². The van der Waals surface area contributed by atoms with Gasteiger partial charge in [0.1, 0.15) is 6.04 Å². The first-order valence-corrected chi connectivity index (χ1v) is 10.7. The molecule has 0 spiro atoms. The smallest absolute Gasteiger partial charge is 0.327 e. The van der Waals surface area contributed by atoms with E-state index >= 15 is 0 Å². The van der Waals surface area contributed by atoms with Gasteiger partial charge in [0.05, 0.1) is 6.04 Å². The number of nitrogens with zero attached hydrogens (tertiary/aromatic N) is 1. The predicted octanol–water partition coefficient (Wildman–Crippen LogP) is 3.49. The molecule has 5 nitrogen and oxygen atoms in total. The molecule has 0 aromatic heterocycles. The summed E-state index contributed by atoms with van der Waals surface area (Å²) in [4.78, 5) is 26.2. The SMILES string of the molecule is CC=C(C)C=CC=CC1C2CC2C2=C(SCC(NC(C)=O)C(=O)O)C=CCN21. The maximum Gasteiger partial charge on any atom is 0.327 e. The molecule has 4 unspecified atom stereocenters. The number of allylic oxidation sites excluding steroid dienone is 7. The van der Waals surface area contributed by atoms with Crippen LogP contribution in [-0.4, -0.2) is 46.3 Å². The van der Waals surface area contributed by atoms with Crippen molar-refractivity contribution in [2.24, 2.45) is 11.8 Å². The van der Waals surface area contributed by atoms with E-state index in [1.54, 1.807) is 0 Å². The van der Waals surface area contributed by atoms with Gasteiger partial charge in [-0.25, -0.2) is 4.79 Å². The summed E-state index contributed by atoms with van der Waals surface area (Å²) < 4.78 is 0. The maximum absolute atomic E-state index is 11.4. The van der Waals surface area contributed by atoms with Gasteiger partial charge in [0, 0.05) is 35.7 Å². The number of carboxylic acids is 1. The number of carbonyl (C=O) groups is 2. The van der Waals surface area contributed by atoms with E-state index in [0.29, 0.717) is 23.6 Å². The lowest BCUT2D eigenvalue weighted by Gasteiger charge is -2.32. The third-order valence-corrected chi connectivity index (χ3v) is 6.59. The van der Waals surface area contributed by atoms with Crippen molar-refractivity contribution >= 4 is 23.6 Å². The van der Waals surface area contributed by atoms with Crippen LogP contribution in [-0.2, 0) is 9.59 Å². The third kappa shape index (κ3) is 4.61. The Bertz CT molecular complexity index is 794. The monoisotopic (exact) mass is 400 g/mol. The van der Waals surface area contributed by atoms with Gasteiger partial charge in [-0.05, 0) is 32.3 Å². The Morgan fingerprint density at radius 1 is 1.39 bits per heavy atom. The van der Waals surface area contributed by atoms with E-state index in [9.17, 15) is 14.7 Å². The quantitative estimate of drug-likeness (QED) is 0.611. The van der Waals surface area contributed by atoms with Crippen LogP contribution in [0.1, 0.15) is 27.2 Å². The van der Waals surface area contributed by atoms with E-state index in [1.165, 1.54) is 36.4 Å². The molecule has 0 bridgehead atoms. The number of rotatable bonds is 8. The van der Waals surface area contributed by atoms with Crippen molar-refractivity contribution in [1.29, 1.82) is 0 Å². The van der Waals surface area contributed by atoms with Crippen molar-refractivity contribution in [3.63, 3.8) is 0 Å². The maximum atomic E-state index is 11.4. The summed E-state index contributed by atoms with van der Waals surface area (Å²) in [5, 5.41) is 11.8. The van der Waals surface area contributed by atoms with Crippen LogP contribution >= 0.6 is 11.8 Å². The number of hydrogen-bond donors (Lipinski definition) is 2. The molecule has 6 heteroatoms. The fourth-order valence-corrected chi connectivity index (χ4v) is 5.04. The van der Waals surface area contributed by atoms with Crippen molar-refractivity contribution in [3.8, 4) is 0 Å². The molecular weight excluding hydrogens is 372 g/mol. The van der Waals surface area contributed by atoms with Crippen molar-refractivity contribution in [2.75, 3.05) is 12.3 Å². The molecule has 2 N–H and O–H groups in total. The van der Waals surface area contributed by atoms with Gasteiger partial charge in [-0.2, -0.15) is 0 Å². The number of nitrogens with one attached hydrogen (secondary N) is 1. The lowest BCUT2D eigenvalue weighted by Crippen LogP contribution is -2.41. The topological polar surface area (TPSA) is 69.6 Å². The molecule has 1 aliphatic carbocycles. The highest BCUT2D eigenvalue weighted by atomic mass is 32.2. The fourth-order valence-electron chi connectivity index (χ4n) is 3.86. The van der Waals surface area contributed by atoms with Gasteiger partial charge in [0.25, 0.3) is 0 Å². The molecule has 1 saturated carbocycles. The normalized spacial score (nSPS) is 27.3. The molecule has 4 atom stereocenters. The van der Waals surface area contributed by atoms with Crippen LogP contribution in [0.3, 0.4) is 0 Å². The van der Waals surface area contributed by atoms with Crippen molar-refractivity contribution in [1.82, 2.24) is 10.2 Å². The van der Waals surface area contributed by atoms with Crippen LogP contribution in [0.2, 0.25) is 0 Å². The number of carboxylic acid groups (broad SMARTS) is 1. The summed E-state index contributed by atoms with van der Waals surface area (Å²) in [5.74, 6) is 0.247. The van der Waals surface area contributed by atoms with Gasteiger partial charge >= 0.3 is 5.97 Å². The zero-order chi connectivity index (χ0) is 20.3. The Morgan fingerprint density at radius 3 is 2.86 bits per heavy atom. The minimum Gasteiger partial charge on any atom is -0.480 e. The van der Waals surface area contributed by atoms with Gasteiger partial charge in [-0.3, -0.25) is 4.79 Å². The molecule has 2 heterocycles. The summed E-state index contributed by atoms with van der Waals surface area (Å²) >= 11 is 1.53. The molecule has 0 aromatic carbocycles. The highest BCUT2D eigenvalue weighted by Gasteiger charge is 2.55. The molecule has 150 valence electrons. The zero-order valence-corrected chi connectivity index (χ0v) is 17.4. The molecule has 28 heavy (non-hydrogen) atoms. The van der Waals surface area contributed by atoms with E-state index in [0.717, 1.165) is 11.4 Å². The zero-order valence-electron chi connectivity index (χ0n) is 16.6. The van der Waals surface area contributed by atoms with Gasteiger partial charge in [0.2, 0.25) is 5.91 Å². The average molecular weight is 401 g/mol. The number of amides is 1. The second-order valence-corrected chi connectivity index (χ2v) is 8.54. The second kappa shape index (κ2) is 8.86. The first-order valence-electron chi connectivity index (χ1n) is 9.70. The molecule has 2 fully saturated rings. The number of piperidine rings is 1. The minimum atomic E-state index is -0.996.